The van der Waals surface area contributed by atoms with E-state index in [0.29, 0.717) is 36.2 Å². The maximum atomic E-state index is 12.9. The Kier molecular flexibility index (Phi) is 7.22. The van der Waals surface area contributed by atoms with E-state index < -0.39 is 10.0 Å². The number of methoxy groups -OCH3 is 1. The molecule has 0 spiro atoms. The van der Waals surface area contributed by atoms with Gasteiger partial charge in [-0.1, -0.05) is 19.3 Å². The molecule has 0 radical (unpaired) electrons. The van der Waals surface area contributed by atoms with Crippen LogP contribution >= 0.6 is 15.9 Å². The van der Waals surface area contributed by atoms with Crippen LogP contribution in [0, 0.1) is 0 Å². The molecule has 1 heterocycles. The zero-order valence-electron chi connectivity index (χ0n) is 16.1. The van der Waals surface area contributed by atoms with Crippen molar-refractivity contribution in [2.45, 2.75) is 61.9 Å². The Labute approximate surface area is 175 Å². The molecule has 7 nitrogen and oxygen atoms in total. The van der Waals surface area contributed by atoms with Gasteiger partial charge in [-0.25, -0.2) is 13.2 Å². The molecule has 0 aromatic heterocycles. The molecule has 1 aromatic carbocycles. The van der Waals surface area contributed by atoms with Crippen molar-refractivity contribution in [3.05, 3.63) is 22.7 Å². The lowest BCUT2D eigenvalue weighted by Gasteiger charge is -2.32. The molecule has 0 bridgehead atoms. The molecule has 1 saturated heterocycles. The van der Waals surface area contributed by atoms with Gasteiger partial charge >= 0.3 is 6.03 Å². The molecule has 2 aliphatic rings. The Bertz CT molecular complexity index is 788. The lowest BCUT2D eigenvalue weighted by molar-refractivity contribution is 0.220. The number of rotatable bonds is 5. The number of urea groups is 1. The highest BCUT2D eigenvalue weighted by Crippen LogP contribution is 2.29. The molecule has 1 aromatic rings. The summed E-state index contributed by atoms with van der Waals surface area (Å²) in [4.78, 5) is 12.4. The number of benzene rings is 1. The molecular formula is C19H28BrN3O4S. The molecule has 2 fully saturated rings. The van der Waals surface area contributed by atoms with Crippen molar-refractivity contribution >= 4 is 32.0 Å². The van der Waals surface area contributed by atoms with Crippen LogP contribution in [0.3, 0.4) is 0 Å². The Morgan fingerprint density at radius 3 is 2.25 bits per heavy atom. The van der Waals surface area contributed by atoms with Gasteiger partial charge in [-0.15, -0.1) is 0 Å². The third-order valence-corrected chi connectivity index (χ3v) is 8.00. The van der Waals surface area contributed by atoms with Crippen molar-refractivity contribution in [2.75, 3.05) is 20.2 Å². The molecule has 1 aliphatic carbocycles. The Morgan fingerprint density at radius 2 is 1.68 bits per heavy atom. The number of sulfonamides is 1. The molecule has 0 unspecified atom stereocenters. The van der Waals surface area contributed by atoms with Gasteiger partial charge in [0, 0.05) is 25.2 Å². The zero-order chi connectivity index (χ0) is 20.1. The minimum Gasteiger partial charge on any atom is -0.496 e. The molecular weight excluding hydrogens is 446 g/mol. The standard InChI is InChI=1S/C19H28BrN3O4S/c1-27-18-8-7-16(13-17(18)20)28(25,26)23-11-9-15(10-12-23)22-19(24)21-14-5-3-2-4-6-14/h7-8,13-15H,2-6,9-12H2,1H3,(H2,21,22,24). The van der Waals surface area contributed by atoms with Crippen molar-refractivity contribution in [1.82, 2.24) is 14.9 Å². The van der Waals surface area contributed by atoms with E-state index >= 15 is 0 Å². The fourth-order valence-corrected chi connectivity index (χ4v) is 6.05. The monoisotopic (exact) mass is 473 g/mol. The second-order valence-electron chi connectivity index (χ2n) is 7.43. The van der Waals surface area contributed by atoms with Crippen molar-refractivity contribution < 1.29 is 17.9 Å². The van der Waals surface area contributed by atoms with Gasteiger partial charge in [0.1, 0.15) is 5.75 Å². The summed E-state index contributed by atoms with van der Waals surface area (Å²) >= 11 is 3.34. The number of ether oxygens (including phenoxy) is 1. The van der Waals surface area contributed by atoms with Crippen molar-refractivity contribution in [3.8, 4) is 5.75 Å². The van der Waals surface area contributed by atoms with Crippen LogP contribution in [0.2, 0.25) is 0 Å². The van der Waals surface area contributed by atoms with Crippen LogP contribution in [0.25, 0.3) is 0 Å². The first-order chi connectivity index (χ1) is 13.4. The Hall–Kier alpha value is -1.32. The summed E-state index contributed by atoms with van der Waals surface area (Å²) in [6, 6.07) is 4.89. The number of carbonyl (C=O) groups is 1. The van der Waals surface area contributed by atoms with Crippen LogP contribution in [0.1, 0.15) is 44.9 Å². The van der Waals surface area contributed by atoms with Gasteiger partial charge in [-0.05, 0) is 59.8 Å². The quantitative estimate of drug-likeness (QED) is 0.686. The second-order valence-corrected chi connectivity index (χ2v) is 10.2. The zero-order valence-corrected chi connectivity index (χ0v) is 18.5. The minimum absolute atomic E-state index is 0.00218. The minimum atomic E-state index is -3.56. The highest BCUT2D eigenvalue weighted by molar-refractivity contribution is 9.10. The van der Waals surface area contributed by atoms with Gasteiger partial charge in [-0.2, -0.15) is 4.31 Å². The Balaban J connectivity index is 1.52. The number of nitrogens with one attached hydrogen (secondary N) is 2. The first-order valence-electron chi connectivity index (χ1n) is 9.81. The van der Waals surface area contributed by atoms with Crippen LogP contribution in [-0.2, 0) is 10.0 Å². The highest BCUT2D eigenvalue weighted by Gasteiger charge is 2.30. The van der Waals surface area contributed by atoms with Crippen molar-refractivity contribution in [3.63, 3.8) is 0 Å². The first-order valence-corrected chi connectivity index (χ1v) is 12.0. The average molecular weight is 474 g/mol. The van der Waals surface area contributed by atoms with E-state index in [4.69, 9.17) is 4.74 Å². The summed E-state index contributed by atoms with van der Waals surface area (Å²) in [6.45, 7) is 0.778. The summed E-state index contributed by atoms with van der Waals surface area (Å²) in [6.07, 6.45) is 6.88. The number of amides is 2. The largest absolute Gasteiger partial charge is 0.496 e. The number of hydrogen-bond donors (Lipinski definition) is 2. The van der Waals surface area contributed by atoms with Crippen LogP contribution in [0.15, 0.2) is 27.6 Å². The number of halogens is 1. The fourth-order valence-electron chi connectivity index (χ4n) is 3.86. The van der Waals surface area contributed by atoms with Crippen LogP contribution < -0.4 is 15.4 Å². The molecule has 3 rings (SSSR count). The maximum Gasteiger partial charge on any atom is 0.315 e. The number of hydrogen-bond acceptors (Lipinski definition) is 4. The normalized spacial score (nSPS) is 19.9. The van der Waals surface area contributed by atoms with Crippen molar-refractivity contribution in [2.24, 2.45) is 0 Å². The van der Waals surface area contributed by atoms with E-state index in [9.17, 15) is 13.2 Å². The van der Waals surface area contributed by atoms with E-state index in [-0.39, 0.29) is 23.0 Å². The smallest absolute Gasteiger partial charge is 0.315 e. The van der Waals surface area contributed by atoms with Crippen LogP contribution in [-0.4, -0.2) is 51.0 Å². The third-order valence-electron chi connectivity index (χ3n) is 5.49. The van der Waals surface area contributed by atoms with Gasteiger partial charge in [0.15, 0.2) is 0 Å². The molecule has 1 aliphatic heterocycles. The highest BCUT2D eigenvalue weighted by atomic mass is 79.9. The molecule has 2 N–H and O–H groups in total. The van der Waals surface area contributed by atoms with Gasteiger partial charge < -0.3 is 15.4 Å². The third kappa shape index (κ3) is 5.18. The predicted octanol–water partition coefficient (Wildman–Crippen LogP) is 3.24. The molecule has 0 atom stereocenters. The molecule has 9 heteroatoms. The van der Waals surface area contributed by atoms with Gasteiger partial charge in [-0.3, -0.25) is 0 Å². The molecule has 156 valence electrons. The molecule has 1 saturated carbocycles. The van der Waals surface area contributed by atoms with E-state index in [1.165, 1.54) is 30.7 Å². The van der Waals surface area contributed by atoms with Gasteiger partial charge in [0.2, 0.25) is 10.0 Å². The fraction of sp³-hybridized carbons (Fsp3) is 0.632. The van der Waals surface area contributed by atoms with E-state index in [1.54, 1.807) is 18.2 Å². The summed E-state index contributed by atoms with van der Waals surface area (Å²) in [5.41, 5.74) is 0. The van der Waals surface area contributed by atoms with Gasteiger partial charge in [0.25, 0.3) is 0 Å². The molecule has 28 heavy (non-hydrogen) atoms. The first kappa shape index (κ1) is 21.4. The summed E-state index contributed by atoms with van der Waals surface area (Å²) in [7, 11) is -2.03. The van der Waals surface area contributed by atoms with E-state index in [2.05, 4.69) is 26.6 Å². The predicted molar refractivity (Wildman–Crippen MR) is 111 cm³/mol. The Morgan fingerprint density at radius 1 is 1.07 bits per heavy atom. The SMILES string of the molecule is COc1ccc(S(=O)(=O)N2CCC(NC(=O)NC3CCCCC3)CC2)cc1Br. The molecule has 2 amide bonds. The van der Waals surface area contributed by atoms with E-state index in [0.717, 1.165) is 12.8 Å². The van der Waals surface area contributed by atoms with E-state index in [1.807, 2.05) is 0 Å². The van der Waals surface area contributed by atoms with Crippen LogP contribution in [0.4, 0.5) is 4.79 Å². The second kappa shape index (κ2) is 9.45. The topological polar surface area (TPSA) is 87.7 Å². The summed E-state index contributed by atoms with van der Waals surface area (Å²) in [5, 5.41) is 6.06. The number of nitrogens with zero attached hydrogens (tertiary/aromatic N) is 1. The van der Waals surface area contributed by atoms with Gasteiger partial charge in [0.05, 0.1) is 16.5 Å². The maximum absolute atomic E-state index is 12.9. The average Bonchev–Trinajstić information content (AvgIpc) is 2.69. The summed E-state index contributed by atoms with van der Waals surface area (Å²) in [5.74, 6) is 0.589. The summed E-state index contributed by atoms with van der Waals surface area (Å²) < 4.78 is 33.0. The number of piperidine rings is 1. The van der Waals surface area contributed by atoms with Crippen molar-refractivity contribution in [1.29, 1.82) is 0 Å². The lowest BCUT2D eigenvalue weighted by Crippen LogP contribution is -2.51. The van der Waals surface area contributed by atoms with Crippen LogP contribution in [0.5, 0.6) is 5.75 Å². The number of carbonyl (C=O) groups excluding carboxylic acids is 1. The lowest BCUT2D eigenvalue weighted by atomic mass is 9.96.